The highest BCUT2D eigenvalue weighted by molar-refractivity contribution is 6.31. The second-order valence-corrected chi connectivity index (χ2v) is 6.85. The third-order valence-corrected chi connectivity index (χ3v) is 4.39. The Balaban J connectivity index is 0. The van der Waals surface area contributed by atoms with Crippen molar-refractivity contribution in [2.75, 3.05) is 0 Å². The van der Waals surface area contributed by atoms with E-state index in [9.17, 15) is 0 Å². The molecule has 0 unspecified atom stereocenters. The molecular weight excluding hydrogens is 434 g/mol. The lowest BCUT2D eigenvalue weighted by Gasteiger charge is -2.02. The largest absolute Gasteiger partial charge is 0.238 e. The summed E-state index contributed by atoms with van der Waals surface area (Å²) in [5.41, 5.74) is 3.62. The molecule has 152 valence electrons. The number of nitrogens with zero attached hydrogens (tertiary/aromatic N) is 2. The number of halogens is 4. The van der Waals surface area contributed by atoms with Crippen LogP contribution in [0.2, 0.25) is 10.0 Å². The van der Waals surface area contributed by atoms with Gasteiger partial charge in [-0.3, -0.25) is 0 Å². The van der Waals surface area contributed by atoms with Crippen molar-refractivity contribution in [1.82, 2.24) is 0 Å². The highest BCUT2D eigenvalue weighted by Crippen LogP contribution is 2.25. The van der Waals surface area contributed by atoms with Gasteiger partial charge in [0.15, 0.2) is 11.4 Å². The number of unbranched alkanes of at least 4 members (excludes halogenated alkanes) is 2. The van der Waals surface area contributed by atoms with Crippen LogP contribution >= 0.6 is 48.0 Å². The van der Waals surface area contributed by atoms with E-state index in [1.165, 1.54) is 0 Å². The van der Waals surface area contributed by atoms with Crippen molar-refractivity contribution in [1.29, 1.82) is 0 Å². The maximum Gasteiger partial charge on any atom is 0.190 e. The summed E-state index contributed by atoms with van der Waals surface area (Å²) in [4.78, 5) is 6.91. The molecule has 0 aromatic heterocycles. The first-order chi connectivity index (χ1) is 12.5. The molecule has 0 aliphatic carbocycles. The zero-order valence-electron chi connectivity index (χ0n) is 16.2. The third kappa shape index (κ3) is 10.2. The van der Waals surface area contributed by atoms with Crippen LogP contribution in [0, 0.1) is 13.1 Å². The Labute approximate surface area is 191 Å². The van der Waals surface area contributed by atoms with Gasteiger partial charge < -0.3 is 0 Å². The van der Waals surface area contributed by atoms with Gasteiger partial charge in [-0.05, 0) is 24.0 Å². The van der Waals surface area contributed by atoms with Gasteiger partial charge in [-0.15, -0.1) is 24.8 Å². The summed E-state index contributed by atoms with van der Waals surface area (Å²) >= 11 is 11.7. The Hall–Kier alpha value is -1.42. The topological polar surface area (TPSA) is 8.72 Å². The zero-order chi connectivity index (χ0) is 19.4. The SMILES string of the molecule is Cl.Cl.[C-]#[N+]c1ccc(Cl)cc1CCCC.[C-]#[N+]c1ccc(Cl)cc1CCCC. The van der Waals surface area contributed by atoms with Gasteiger partial charge in [0.1, 0.15) is 0 Å². The van der Waals surface area contributed by atoms with Crippen molar-refractivity contribution in [3.63, 3.8) is 0 Å². The normalized spacial score (nSPS) is 8.93. The van der Waals surface area contributed by atoms with Crippen molar-refractivity contribution >= 4 is 59.4 Å². The molecule has 2 rings (SSSR count). The van der Waals surface area contributed by atoms with Gasteiger partial charge in [0.25, 0.3) is 0 Å². The van der Waals surface area contributed by atoms with E-state index in [0.29, 0.717) is 0 Å². The molecule has 0 aliphatic heterocycles. The molecule has 0 bridgehead atoms. The molecule has 0 heterocycles. The van der Waals surface area contributed by atoms with E-state index in [4.69, 9.17) is 36.3 Å². The molecule has 28 heavy (non-hydrogen) atoms. The van der Waals surface area contributed by atoms with Crippen molar-refractivity contribution < 1.29 is 0 Å². The van der Waals surface area contributed by atoms with Crippen molar-refractivity contribution in [2.45, 2.75) is 52.4 Å². The molecule has 2 nitrogen and oxygen atoms in total. The quantitative estimate of drug-likeness (QED) is 0.380. The molecule has 6 heteroatoms. The standard InChI is InChI=1S/2C11H12ClN.2ClH/c2*1-3-4-5-9-8-10(12)6-7-11(9)13-2;;/h2*6-8H,3-5H2,1H3;2*1H. The maximum absolute atomic E-state index is 6.97. The molecule has 0 radical (unpaired) electrons. The molecule has 0 saturated carbocycles. The van der Waals surface area contributed by atoms with Crippen LogP contribution in [0.5, 0.6) is 0 Å². The van der Waals surface area contributed by atoms with Gasteiger partial charge in [-0.2, -0.15) is 0 Å². The van der Waals surface area contributed by atoms with Gasteiger partial charge in [-0.1, -0.05) is 99.1 Å². The molecule has 0 spiro atoms. The van der Waals surface area contributed by atoms with Crippen molar-refractivity contribution in [2.24, 2.45) is 0 Å². The Morgan fingerprint density at radius 1 is 0.714 bits per heavy atom. The zero-order valence-corrected chi connectivity index (χ0v) is 19.3. The highest BCUT2D eigenvalue weighted by atomic mass is 35.5. The van der Waals surface area contributed by atoms with Gasteiger partial charge in [0.2, 0.25) is 0 Å². The molecule has 0 aliphatic rings. The number of aryl methyl sites for hydroxylation is 2. The molecule has 0 N–H and O–H groups in total. The van der Waals surface area contributed by atoms with Crippen LogP contribution in [0.3, 0.4) is 0 Å². The van der Waals surface area contributed by atoms with E-state index in [1.807, 2.05) is 12.1 Å². The van der Waals surface area contributed by atoms with Crippen LogP contribution in [0.25, 0.3) is 9.69 Å². The first-order valence-corrected chi connectivity index (χ1v) is 9.63. The summed E-state index contributed by atoms with van der Waals surface area (Å²) in [5, 5.41) is 1.44. The lowest BCUT2D eigenvalue weighted by molar-refractivity contribution is 0.797. The fourth-order valence-corrected chi connectivity index (χ4v) is 2.85. The monoisotopic (exact) mass is 458 g/mol. The van der Waals surface area contributed by atoms with E-state index in [1.54, 1.807) is 24.3 Å². The van der Waals surface area contributed by atoms with Gasteiger partial charge in [0, 0.05) is 10.0 Å². The van der Waals surface area contributed by atoms with Gasteiger partial charge in [0.05, 0.1) is 13.1 Å². The third-order valence-electron chi connectivity index (χ3n) is 3.92. The van der Waals surface area contributed by atoms with Gasteiger partial charge >= 0.3 is 0 Å². The number of hydrogen-bond donors (Lipinski definition) is 0. The van der Waals surface area contributed by atoms with Gasteiger partial charge in [-0.25, -0.2) is 9.69 Å². The average molecular weight is 460 g/mol. The van der Waals surface area contributed by atoms with Crippen molar-refractivity contribution in [3.8, 4) is 0 Å². The number of rotatable bonds is 6. The first kappa shape index (κ1) is 28.8. The highest BCUT2D eigenvalue weighted by Gasteiger charge is 2.02. The smallest absolute Gasteiger partial charge is 0.190 e. The Morgan fingerprint density at radius 2 is 1.07 bits per heavy atom. The van der Waals surface area contributed by atoms with Crippen LogP contribution in [0.1, 0.15) is 50.7 Å². The van der Waals surface area contributed by atoms with Crippen LogP contribution in [0.4, 0.5) is 11.4 Å². The second-order valence-electron chi connectivity index (χ2n) is 5.98. The molecular formula is C22H26Cl4N2. The first-order valence-electron chi connectivity index (χ1n) is 8.87. The molecule has 0 amide bonds. The molecule has 2 aromatic carbocycles. The van der Waals surface area contributed by atoms with E-state index in [2.05, 4.69) is 23.5 Å². The minimum Gasteiger partial charge on any atom is -0.238 e. The molecule has 2 aromatic rings. The second kappa shape index (κ2) is 16.5. The average Bonchev–Trinajstić information content (AvgIpc) is 2.65. The maximum atomic E-state index is 6.97. The summed E-state index contributed by atoms with van der Waals surface area (Å²) in [6.45, 7) is 18.2. The fourth-order valence-electron chi connectivity index (χ4n) is 2.46. The molecule has 0 saturated heterocycles. The summed E-state index contributed by atoms with van der Waals surface area (Å²) in [6, 6.07) is 10.9. The minimum atomic E-state index is 0. The van der Waals surface area contributed by atoms with Crippen LogP contribution < -0.4 is 0 Å². The van der Waals surface area contributed by atoms with E-state index in [0.717, 1.165) is 71.1 Å². The van der Waals surface area contributed by atoms with Crippen molar-refractivity contribution in [3.05, 3.63) is 80.4 Å². The Bertz CT molecular complexity index is 725. The molecule has 0 fully saturated rings. The number of benzene rings is 2. The minimum absolute atomic E-state index is 0. The predicted molar refractivity (Wildman–Crippen MR) is 127 cm³/mol. The Kier molecular flexibility index (Phi) is 17.0. The lowest BCUT2D eigenvalue weighted by atomic mass is 10.1. The summed E-state index contributed by atoms with van der Waals surface area (Å²) in [5.74, 6) is 0. The van der Waals surface area contributed by atoms with E-state index >= 15 is 0 Å². The Morgan fingerprint density at radius 3 is 1.36 bits per heavy atom. The van der Waals surface area contributed by atoms with E-state index in [-0.39, 0.29) is 24.8 Å². The van der Waals surface area contributed by atoms with Crippen LogP contribution in [-0.4, -0.2) is 0 Å². The summed E-state index contributed by atoms with van der Waals surface area (Å²) in [7, 11) is 0. The summed E-state index contributed by atoms with van der Waals surface area (Å²) < 4.78 is 0. The van der Waals surface area contributed by atoms with E-state index < -0.39 is 0 Å². The predicted octanol–water partition coefficient (Wildman–Crippen LogP) is 9.31. The fraction of sp³-hybridized carbons (Fsp3) is 0.364. The lowest BCUT2D eigenvalue weighted by Crippen LogP contribution is -1.84. The number of hydrogen-bond acceptors (Lipinski definition) is 0. The molecule has 0 atom stereocenters. The summed E-state index contributed by atoms with van der Waals surface area (Å²) in [6.07, 6.45) is 6.42. The van der Waals surface area contributed by atoms with Crippen LogP contribution in [-0.2, 0) is 12.8 Å². The van der Waals surface area contributed by atoms with Crippen LogP contribution in [0.15, 0.2) is 36.4 Å².